The van der Waals surface area contributed by atoms with Gasteiger partial charge in [-0.25, -0.2) is 4.39 Å². The molecule has 2 aromatic carbocycles. The van der Waals surface area contributed by atoms with E-state index in [0.717, 1.165) is 10.0 Å². The molecular weight excluding hydrogens is 389 g/mol. The summed E-state index contributed by atoms with van der Waals surface area (Å²) in [5, 5.41) is 10.4. The van der Waals surface area contributed by atoms with E-state index < -0.39 is 11.9 Å². The molecule has 106 valence electrons. The van der Waals surface area contributed by atoms with Crippen LogP contribution in [0.5, 0.6) is 0 Å². The Labute approximate surface area is 134 Å². The van der Waals surface area contributed by atoms with Crippen LogP contribution in [0.15, 0.2) is 51.4 Å². The summed E-state index contributed by atoms with van der Waals surface area (Å²) in [6.45, 7) is 0.234. The summed E-state index contributed by atoms with van der Waals surface area (Å²) in [6, 6.07) is 12.1. The van der Waals surface area contributed by atoms with Crippen molar-refractivity contribution in [2.24, 2.45) is 5.73 Å². The topological polar surface area (TPSA) is 46.2 Å². The van der Waals surface area contributed by atoms with E-state index in [9.17, 15) is 9.50 Å². The summed E-state index contributed by atoms with van der Waals surface area (Å²) in [6.07, 6.45) is -0.978. The minimum absolute atomic E-state index is 0.234. The molecule has 0 heterocycles. The molecule has 2 unspecified atom stereocenters. The standard InChI is InChI=1S/C15H14Br2FNO/c16-10-3-1-9(2-4-10)13(8-19)15(20)12-6-5-11(17)7-14(12)18/h1-7,13,15,20H,8,19H2. The lowest BCUT2D eigenvalue weighted by molar-refractivity contribution is 0.143. The molecule has 0 bridgehead atoms. The number of hydrogen-bond donors (Lipinski definition) is 2. The van der Waals surface area contributed by atoms with Crippen molar-refractivity contribution >= 4 is 31.9 Å². The molecule has 0 aliphatic rings. The quantitative estimate of drug-likeness (QED) is 0.807. The minimum Gasteiger partial charge on any atom is -0.388 e. The van der Waals surface area contributed by atoms with Crippen LogP contribution < -0.4 is 5.73 Å². The van der Waals surface area contributed by atoms with E-state index in [4.69, 9.17) is 5.73 Å². The van der Waals surface area contributed by atoms with Crippen LogP contribution in [0.2, 0.25) is 0 Å². The van der Waals surface area contributed by atoms with Gasteiger partial charge in [-0.05, 0) is 29.8 Å². The Bertz CT molecular complexity index is 589. The molecule has 2 rings (SSSR count). The van der Waals surface area contributed by atoms with Crippen molar-refractivity contribution in [1.82, 2.24) is 0 Å². The van der Waals surface area contributed by atoms with E-state index in [1.807, 2.05) is 24.3 Å². The maximum absolute atomic E-state index is 13.9. The molecule has 0 fully saturated rings. The zero-order valence-corrected chi connectivity index (χ0v) is 13.7. The Morgan fingerprint density at radius 1 is 1.05 bits per heavy atom. The predicted octanol–water partition coefficient (Wildman–Crippen LogP) is 4.13. The Morgan fingerprint density at radius 3 is 2.20 bits per heavy atom. The van der Waals surface area contributed by atoms with Crippen molar-refractivity contribution < 1.29 is 9.50 Å². The molecule has 0 saturated heterocycles. The van der Waals surface area contributed by atoms with Crippen molar-refractivity contribution in [3.05, 3.63) is 68.4 Å². The molecular formula is C15H14Br2FNO. The van der Waals surface area contributed by atoms with Gasteiger partial charge in [0, 0.05) is 27.0 Å². The third kappa shape index (κ3) is 3.47. The highest BCUT2D eigenvalue weighted by molar-refractivity contribution is 9.10. The van der Waals surface area contributed by atoms with Gasteiger partial charge in [0.1, 0.15) is 5.82 Å². The Hall–Kier alpha value is -0.750. The maximum Gasteiger partial charge on any atom is 0.130 e. The lowest BCUT2D eigenvalue weighted by Crippen LogP contribution is -2.21. The second-order valence-corrected chi connectivity index (χ2v) is 6.34. The summed E-state index contributed by atoms with van der Waals surface area (Å²) in [5.74, 6) is -0.791. The minimum atomic E-state index is -0.978. The van der Waals surface area contributed by atoms with Crippen molar-refractivity contribution in [3.63, 3.8) is 0 Å². The van der Waals surface area contributed by atoms with Gasteiger partial charge in [-0.3, -0.25) is 0 Å². The van der Waals surface area contributed by atoms with Crippen LogP contribution in [-0.4, -0.2) is 11.7 Å². The smallest absolute Gasteiger partial charge is 0.130 e. The number of aliphatic hydroxyl groups is 1. The number of halogens is 3. The van der Waals surface area contributed by atoms with E-state index >= 15 is 0 Å². The average molecular weight is 403 g/mol. The monoisotopic (exact) mass is 401 g/mol. The van der Waals surface area contributed by atoms with Gasteiger partial charge in [0.15, 0.2) is 0 Å². The summed E-state index contributed by atoms with van der Waals surface area (Å²) in [5.41, 5.74) is 6.89. The molecule has 0 aliphatic carbocycles. The van der Waals surface area contributed by atoms with Gasteiger partial charge in [-0.1, -0.05) is 50.1 Å². The zero-order valence-electron chi connectivity index (χ0n) is 10.6. The molecule has 20 heavy (non-hydrogen) atoms. The maximum atomic E-state index is 13.9. The highest BCUT2D eigenvalue weighted by Crippen LogP contribution is 2.33. The Morgan fingerprint density at radius 2 is 1.65 bits per heavy atom. The lowest BCUT2D eigenvalue weighted by Gasteiger charge is -2.23. The van der Waals surface area contributed by atoms with Gasteiger partial charge >= 0.3 is 0 Å². The van der Waals surface area contributed by atoms with Crippen LogP contribution in [0.3, 0.4) is 0 Å². The lowest BCUT2D eigenvalue weighted by atomic mass is 9.89. The van der Waals surface area contributed by atoms with Crippen LogP contribution in [0.1, 0.15) is 23.1 Å². The molecule has 2 atom stereocenters. The molecule has 0 radical (unpaired) electrons. The fourth-order valence-corrected chi connectivity index (χ4v) is 2.71. The third-order valence-corrected chi connectivity index (χ3v) is 4.24. The third-order valence-electron chi connectivity index (χ3n) is 3.21. The highest BCUT2D eigenvalue weighted by Gasteiger charge is 2.24. The van der Waals surface area contributed by atoms with Gasteiger partial charge in [-0.2, -0.15) is 0 Å². The van der Waals surface area contributed by atoms with Gasteiger partial charge in [0.25, 0.3) is 0 Å². The molecule has 3 N–H and O–H groups in total. The molecule has 2 aromatic rings. The first-order chi connectivity index (χ1) is 9.52. The molecule has 0 amide bonds. The number of rotatable bonds is 4. The fraction of sp³-hybridized carbons (Fsp3) is 0.200. The first-order valence-corrected chi connectivity index (χ1v) is 7.70. The summed E-state index contributed by atoms with van der Waals surface area (Å²) < 4.78 is 15.5. The molecule has 5 heteroatoms. The number of benzene rings is 2. The summed E-state index contributed by atoms with van der Waals surface area (Å²) in [7, 11) is 0. The van der Waals surface area contributed by atoms with E-state index in [1.54, 1.807) is 12.1 Å². The van der Waals surface area contributed by atoms with E-state index in [2.05, 4.69) is 31.9 Å². The van der Waals surface area contributed by atoms with Gasteiger partial charge in [0.05, 0.1) is 6.10 Å². The Kier molecular flexibility index (Phi) is 5.32. The van der Waals surface area contributed by atoms with E-state index in [1.165, 1.54) is 6.07 Å². The van der Waals surface area contributed by atoms with Crippen LogP contribution in [0.25, 0.3) is 0 Å². The van der Waals surface area contributed by atoms with Gasteiger partial charge < -0.3 is 10.8 Å². The predicted molar refractivity (Wildman–Crippen MR) is 85.0 cm³/mol. The van der Waals surface area contributed by atoms with Crippen LogP contribution in [0.4, 0.5) is 4.39 Å². The molecule has 0 aliphatic heterocycles. The normalized spacial score (nSPS) is 14.1. The molecule has 0 spiro atoms. The zero-order chi connectivity index (χ0) is 14.7. The van der Waals surface area contributed by atoms with Crippen molar-refractivity contribution in [1.29, 1.82) is 0 Å². The number of aliphatic hydroxyl groups excluding tert-OH is 1. The second-order valence-electron chi connectivity index (χ2n) is 4.50. The molecule has 0 aromatic heterocycles. The number of nitrogens with two attached hydrogens (primary N) is 1. The van der Waals surface area contributed by atoms with E-state index in [0.29, 0.717) is 4.47 Å². The van der Waals surface area contributed by atoms with Crippen LogP contribution in [-0.2, 0) is 0 Å². The van der Waals surface area contributed by atoms with Gasteiger partial charge in [-0.15, -0.1) is 0 Å². The summed E-state index contributed by atoms with van der Waals surface area (Å²) in [4.78, 5) is 0. The first kappa shape index (κ1) is 15.6. The largest absolute Gasteiger partial charge is 0.388 e. The van der Waals surface area contributed by atoms with Crippen LogP contribution >= 0.6 is 31.9 Å². The fourth-order valence-electron chi connectivity index (χ4n) is 2.12. The number of hydrogen-bond acceptors (Lipinski definition) is 2. The van der Waals surface area contributed by atoms with Crippen LogP contribution in [0, 0.1) is 5.82 Å². The molecule has 2 nitrogen and oxygen atoms in total. The van der Waals surface area contributed by atoms with Crippen molar-refractivity contribution in [3.8, 4) is 0 Å². The summed E-state index contributed by atoms with van der Waals surface area (Å²) >= 11 is 6.56. The highest BCUT2D eigenvalue weighted by atomic mass is 79.9. The average Bonchev–Trinajstić information content (AvgIpc) is 2.41. The van der Waals surface area contributed by atoms with Crippen molar-refractivity contribution in [2.45, 2.75) is 12.0 Å². The van der Waals surface area contributed by atoms with Crippen molar-refractivity contribution in [2.75, 3.05) is 6.54 Å². The van der Waals surface area contributed by atoms with Gasteiger partial charge in [0.2, 0.25) is 0 Å². The van der Waals surface area contributed by atoms with E-state index in [-0.39, 0.29) is 18.0 Å². The SMILES string of the molecule is NCC(c1ccc(Br)cc1)C(O)c1ccc(Br)cc1F. The second kappa shape index (κ2) is 6.80. The first-order valence-electron chi connectivity index (χ1n) is 6.11. The molecule has 0 saturated carbocycles. The Balaban J connectivity index is 2.33.